The van der Waals surface area contributed by atoms with E-state index < -0.39 is 0 Å². The Kier molecular flexibility index (Phi) is 3.98. The van der Waals surface area contributed by atoms with Crippen LogP contribution in [0.4, 0.5) is 0 Å². The topological polar surface area (TPSA) is 47.6 Å². The van der Waals surface area contributed by atoms with Crippen LogP contribution in [0.2, 0.25) is 0 Å². The van der Waals surface area contributed by atoms with Crippen molar-refractivity contribution in [2.45, 2.75) is 18.9 Å². The van der Waals surface area contributed by atoms with Crippen LogP contribution >= 0.6 is 0 Å². The molecule has 0 aliphatic carbocycles. The van der Waals surface area contributed by atoms with E-state index in [1.54, 1.807) is 25.3 Å². The normalized spacial score (nSPS) is 19.0. The molecule has 0 aromatic heterocycles. The van der Waals surface area contributed by atoms with E-state index >= 15 is 0 Å². The van der Waals surface area contributed by atoms with E-state index in [1.165, 1.54) is 0 Å². The lowest BCUT2D eigenvalue weighted by Gasteiger charge is -2.11. The first-order valence-corrected chi connectivity index (χ1v) is 5.83. The molecule has 0 radical (unpaired) electrons. The van der Waals surface area contributed by atoms with E-state index in [2.05, 4.69) is 5.32 Å². The zero-order chi connectivity index (χ0) is 12.1. The molecule has 1 amide bonds. The van der Waals surface area contributed by atoms with Crippen LogP contribution in [0.1, 0.15) is 23.2 Å². The maximum absolute atomic E-state index is 11.8. The lowest BCUT2D eigenvalue weighted by atomic mass is 10.2. The molecular formula is C13H17NO3. The Bertz CT molecular complexity index is 386. The highest BCUT2D eigenvalue weighted by atomic mass is 16.5. The zero-order valence-corrected chi connectivity index (χ0v) is 9.94. The molecule has 0 bridgehead atoms. The van der Waals surface area contributed by atoms with Crippen molar-refractivity contribution in [1.29, 1.82) is 0 Å². The quantitative estimate of drug-likeness (QED) is 0.862. The van der Waals surface area contributed by atoms with Crippen LogP contribution < -0.4 is 10.1 Å². The van der Waals surface area contributed by atoms with Crippen molar-refractivity contribution in [2.24, 2.45) is 0 Å². The monoisotopic (exact) mass is 235 g/mol. The van der Waals surface area contributed by atoms with Crippen molar-refractivity contribution in [2.75, 3.05) is 20.3 Å². The number of nitrogens with one attached hydrogen (secondary N) is 1. The van der Waals surface area contributed by atoms with Crippen LogP contribution in [-0.4, -0.2) is 32.3 Å². The van der Waals surface area contributed by atoms with E-state index in [0.29, 0.717) is 17.9 Å². The van der Waals surface area contributed by atoms with Crippen LogP contribution in [0, 0.1) is 0 Å². The summed E-state index contributed by atoms with van der Waals surface area (Å²) in [5.74, 6) is 0.606. The first-order valence-electron chi connectivity index (χ1n) is 5.83. The summed E-state index contributed by atoms with van der Waals surface area (Å²) in [5.41, 5.74) is 0.613. The molecule has 1 saturated heterocycles. The number of amides is 1. The number of carbonyl (C=O) groups is 1. The second-order valence-corrected chi connectivity index (χ2v) is 4.08. The highest BCUT2D eigenvalue weighted by Gasteiger charge is 2.16. The smallest absolute Gasteiger partial charge is 0.251 e. The van der Waals surface area contributed by atoms with Crippen LogP contribution in [-0.2, 0) is 4.74 Å². The SMILES string of the molecule is COc1cccc(C(=O)NC[C@@H]2CCCO2)c1. The Labute approximate surface area is 101 Å². The molecule has 17 heavy (non-hydrogen) atoms. The maximum Gasteiger partial charge on any atom is 0.251 e. The largest absolute Gasteiger partial charge is 0.497 e. The molecule has 0 saturated carbocycles. The molecule has 1 aliphatic rings. The fourth-order valence-corrected chi connectivity index (χ4v) is 1.88. The van der Waals surface area contributed by atoms with Gasteiger partial charge in [0.1, 0.15) is 5.75 Å². The van der Waals surface area contributed by atoms with Gasteiger partial charge in [-0.3, -0.25) is 4.79 Å². The standard InChI is InChI=1S/C13H17NO3/c1-16-11-5-2-4-10(8-11)13(15)14-9-12-6-3-7-17-12/h2,4-5,8,12H,3,6-7,9H2,1H3,(H,14,15)/t12-/m0/s1. The van der Waals surface area contributed by atoms with Gasteiger partial charge in [-0.2, -0.15) is 0 Å². The number of rotatable bonds is 4. The summed E-state index contributed by atoms with van der Waals surface area (Å²) in [6.45, 7) is 1.38. The average molecular weight is 235 g/mol. The second kappa shape index (κ2) is 5.68. The third kappa shape index (κ3) is 3.20. The van der Waals surface area contributed by atoms with E-state index in [4.69, 9.17) is 9.47 Å². The fourth-order valence-electron chi connectivity index (χ4n) is 1.88. The predicted octanol–water partition coefficient (Wildman–Crippen LogP) is 1.60. The van der Waals surface area contributed by atoms with Crippen molar-refractivity contribution in [3.63, 3.8) is 0 Å². The summed E-state index contributed by atoms with van der Waals surface area (Å²) in [6, 6.07) is 7.12. The van der Waals surface area contributed by atoms with Gasteiger partial charge < -0.3 is 14.8 Å². The first kappa shape index (κ1) is 11.9. The van der Waals surface area contributed by atoms with Crippen LogP contribution in [0.15, 0.2) is 24.3 Å². The molecule has 92 valence electrons. The molecule has 2 rings (SSSR count). The number of methoxy groups -OCH3 is 1. The van der Waals surface area contributed by atoms with Gasteiger partial charge in [0.05, 0.1) is 13.2 Å². The third-order valence-electron chi connectivity index (χ3n) is 2.85. The van der Waals surface area contributed by atoms with E-state index in [1.807, 2.05) is 6.07 Å². The number of hydrogen-bond acceptors (Lipinski definition) is 3. The van der Waals surface area contributed by atoms with Crippen LogP contribution in [0.3, 0.4) is 0 Å². The summed E-state index contributed by atoms with van der Waals surface area (Å²) in [7, 11) is 1.59. The van der Waals surface area contributed by atoms with Gasteiger partial charge in [-0.1, -0.05) is 6.07 Å². The molecule has 1 aromatic rings. The molecule has 1 heterocycles. The Morgan fingerprint density at radius 2 is 2.47 bits per heavy atom. The predicted molar refractivity (Wildman–Crippen MR) is 64.3 cm³/mol. The van der Waals surface area contributed by atoms with Gasteiger partial charge in [0.15, 0.2) is 0 Å². The van der Waals surface area contributed by atoms with Crippen molar-refractivity contribution in [1.82, 2.24) is 5.32 Å². The minimum absolute atomic E-state index is 0.0839. The van der Waals surface area contributed by atoms with E-state index in [9.17, 15) is 4.79 Å². The minimum Gasteiger partial charge on any atom is -0.497 e. The summed E-state index contributed by atoms with van der Waals surface area (Å²) in [6.07, 6.45) is 2.28. The Balaban J connectivity index is 1.89. The number of benzene rings is 1. The van der Waals surface area contributed by atoms with Gasteiger partial charge in [-0.25, -0.2) is 0 Å². The minimum atomic E-state index is -0.0839. The fraction of sp³-hybridized carbons (Fsp3) is 0.462. The Morgan fingerprint density at radius 3 is 3.18 bits per heavy atom. The van der Waals surface area contributed by atoms with Gasteiger partial charge in [-0.15, -0.1) is 0 Å². The van der Waals surface area contributed by atoms with Crippen molar-refractivity contribution >= 4 is 5.91 Å². The molecule has 4 heteroatoms. The Morgan fingerprint density at radius 1 is 1.59 bits per heavy atom. The third-order valence-corrected chi connectivity index (χ3v) is 2.85. The molecular weight excluding hydrogens is 218 g/mol. The van der Waals surface area contributed by atoms with Gasteiger partial charge in [0.25, 0.3) is 5.91 Å². The lowest BCUT2D eigenvalue weighted by molar-refractivity contribution is 0.0857. The molecule has 1 aliphatic heterocycles. The van der Waals surface area contributed by atoms with Gasteiger partial charge in [0.2, 0.25) is 0 Å². The average Bonchev–Trinajstić information content (AvgIpc) is 2.89. The zero-order valence-electron chi connectivity index (χ0n) is 9.94. The molecule has 1 atom stereocenters. The molecule has 0 spiro atoms. The maximum atomic E-state index is 11.8. The van der Waals surface area contributed by atoms with E-state index in [0.717, 1.165) is 19.4 Å². The van der Waals surface area contributed by atoms with Gasteiger partial charge in [-0.05, 0) is 31.0 Å². The lowest BCUT2D eigenvalue weighted by Crippen LogP contribution is -2.31. The van der Waals surface area contributed by atoms with Gasteiger partial charge in [0, 0.05) is 18.7 Å². The summed E-state index contributed by atoms with van der Waals surface area (Å²) < 4.78 is 10.5. The second-order valence-electron chi connectivity index (χ2n) is 4.08. The van der Waals surface area contributed by atoms with Crippen molar-refractivity contribution < 1.29 is 14.3 Å². The first-order chi connectivity index (χ1) is 8.29. The molecule has 1 fully saturated rings. The molecule has 1 aromatic carbocycles. The van der Waals surface area contributed by atoms with Crippen LogP contribution in [0.25, 0.3) is 0 Å². The molecule has 1 N–H and O–H groups in total. The van der Waals surface area contributed by atoms with Gasteiger partial charge >= 0.3 is 0 Å². The number of hydrogen-bond donors (Lipinski definition) is 1. The number of ether oxygens (including phenoxy) is 2. The summed E-state index contributed by atoms with van der Waals surface area (Å²) in [4.78, 5) is 11.8. The van der Waals surface area contributed by atoms with Crippen LogP contribution in [0.5, 0.6) is 5.75 Å². The summed E-state index contributed by atoms with van der Waals surface area (Å²) >= 11 is 0. The highest BCUT2D eigenvalue weighted by Crippen LogP contribution is 2.13. The number of carbonyl (C=O) groups excluding carboxylic acids is 1. The summed E-state index contributed by atoms with van der Waals surface area (Å²) in [5, 5.41) is 2.87. The van der Waals surface area contributed by atoms with Crippen molar-refractivity contribution in [3.05, 3.63) is 29.8 Å². The van der Waals surface area contributed by atoms with Crippen molar-refractivity contribution in [3.8, 4) is 5.75 Å². The highest BCUT2D eigenvalue weighted by molar-refractivity contribution is 5.94. The molecule has 0 unspecified atom stereocenters. The molecule has 4 nitrogen and oxygen atoms in total. The Hall–Kier alpha value is -1.55. The van der Waals surface area contributed by atoms with E-state index in [-0.39, 0.29) is 12.0 Å².